The van der Waals surface area contributed by atoms with E-state index in [1.165, 1.54) is 135 Å². The van der Waals surface area contributed by atoms with Crippen molar-refractivity contribution >= 4 is 13.7 Å². The van der Waals surface area contributed by atoms with Crippen molar-refractivity contribution in [3.63, 3.8) is 0 Å². The zero-order chi connectivity index (χ0) is 40.0. The highest BCUT2D eigenvalue weighted by Crippen LogP contribution is 2.43. The number of phosphoric ester groups is 1. The van der Waals surface area contributed by atoms with Crippen molar-refractivity contribution < 1.29 is 32.9 Å². The molecule has 3 N–H and O–H groups in total. The molecule has 0 aromatic rings. The van der Waals surface area contributed by atoms with E-state index in [1.54, 1.807) is 6.08 Å². The van der Waals surface area contributed by atoms with Crippen LogP contribution >= 0.6 is 7.82 Å². The minimum absolute atomic E-state index is 0.0558. The number of hydrogen-bond donors (Lipinski definition) is 3. The summed E-state index contributed by atoms with van der Waals surface area (Å²) < 4.78 is 23.5. The summed E-state index contributed by atoms with van der Waals surface area (Å²) in [7, 11) is 1.55. The molecule has 0 bridgehead atoms. The summed E-state index contributed by atoms with van der Waals surface area (Å²) >= 11 is 0. The highest BCUT2D eigenvalue weighted by Gasteiger charge is 2.27. The number of allylic oxidation sites excluding steroid dienone is 5. The SMILES string of the molecule is CCCCCCCC/C=C/CCCCCCCCCCCC(=O)N[C@@H](COP(=O)(O)OCC[N+](C)(C)C)[C@H](O)/C=C/CC/C=C/CCCCCCCCC. The Labute approximate surface area is 334 Å². The van der Waals surface area contributed by atoms with Gasteiger partial charge in [0.05, 0.1) is 39.9 Å². The maximum atomic E-state index is 12.9. The molecule has 3 atom stereocenters. The molecule has 1 unspecified atom stereocenters. The Morgan fingerprint density at radius 3 is 1.48 bits per heavy atom. The van der Waals surface area contributed by atoms with Gasteiger partial charge in [0.1, 0.15) is 13.2 Å². The molecule has 0 saturated carbocycles. The molecule has 0 aromatic heterocycles. The van der Waals surface area contributed by atoms with E-state index in [-0.39, 0.29) is 19.1 Å². The molecule has 0 rings (SSSR count). The van der Waals surface area contributed by atoms with Crippen LogP contribution in [0.5, 0.6) is 0 Å². The summed E-state index contributed by atoms with van der Waals surface area (Å²) in [5.41, 5.74) is 0. The van der Waals surface area contributed by atoms with Crippen LogP contribution in [0, 0.1) is 0 Å². The molecule has 1 amide bonds. The molecule has 54 heavy (non-hydrogen) atoms. The largest absolute Gasteiger partial charge is 0.472 e. The molecular formula is C45H88N2O6P+. The van der Waals surface area contributed by atoms with Crippen molar-refractivity contribution in [1.82, 2.24) is 5.32 Å². The molecule has 0 aliphatic carbocycles. The number of hydrogen-bond acceptors (Lipinski definition) is 5. The predicted molar refractivity (Wildman–Crippen MR) is 231 cm³/mol. The number of unbranched alkanes of at least 4 members (excludes halogenated alkanes) is 23. The number of aliphatic hydroxyl groups excluding tert-OH is 1. The second-order valence-electron chi connectivity index (χ2n) is 16.4. The van der Waals surface area contributed by atoms with Crippen LogP contribution in [0.4, 0.5) is 0 Å². The highest BCUT2D eigenvalue weighted by atomic mass is 31.2. The number of carbonyl (C=O) groups excluding carboxylic acids is 1. The van der Waals surface area contributed by atoms with E-state index in [0.29, 0.717) is 17.4 Å². The van der Waals surface area contributed by atoms with E-state index >= 15 is 0 Å². The van der Waals surface area contributed by atoms with Gasteiger partial charge < -0.3 is 19.8 Å². The smallest absolute Gasteiger partial charge is 0.387 e. The maximum absolute atomic E-state index is 12.9. The van der Waals surface area contributed by atoms with Gasteiger partial charge in [0.2, 0.25) is 5.91 Å². The molecule has 0 saturated heterocycles. The van der Waals surface area contributed by atoms with Crippen LogP contribution < -0.4 is 5.32 Å². The lowest BCUT2D eigenvalue weighted by atomic mass is 10.0. The highest BCUT2D eigenvalue weighted by molar-refractivity contribution is 7.47. The molecule has 0 radical (unpaired) electrons. The zero-order valence-corrected chi connectivity index (χ0v) is 36.9. The maximum Gasteiger partial charge on any atom is 0.472 e. The number of nitrogens with zero attached hydrogens (tertiary/aromatic N) is 1. The Morgan fingerprint density at radius 1 is 0.611 bits per heavy atom. The second kappa shape index (κ2) is 37.3. The van der Waals surface area contributed by atoms with Crippen LogP contribution in [0.1, 0.15) is 194 Å². The molecule has 0 aromatic carbocycles. The Hall–Kier alpha value is -1.28. The summed E-state index contributed by atoms with van der Waals surface area (Å²) in [4.78, 5) is 23.1. The minimum Gasteiger partial charge on any atom is -0.387 e. The van der Waals surface area contributed by atoms with E-state index in [2.05, 4.69) is 43.5 Å². The molecule has 0 fully saturated rings. The Balaban J connectivity index is 4.41. The van der Waals surface area contributed by atoms with Crippen LogP contribution in [0.2, 0.25) is 0 Å². The van der Waals surface area contributed by atoms with Gasteiger partial charge in [-0.2, -0.15) is 0 Å². The summed E-state index contributed by atoms with van der Waals surface area (Å²) in [6.07, 6.45) is 45.0. The fraction of sp³-hybridized carbons (Fsp3) is 0.844. The topological polar surface area (TPSA) is 105 Å². The van der Waals surface area contributed by atoms with E-state index in [0.717, 1.165) is 38.5 Å². The number of quaternary nitrogens is 1. The van der Waals surface area contributed by atoms with Gasteiger partial charge in [-0.25, -0.2) is 4.57 Å². The van der Waals surface area contributed by atoms with Gasteiger partial charge in [0, 0.05) is 6.42 Å². The Bertz CT molecular complexity index is 980. The number of aliphatic hydroxyl groups is 1. The molecule has 318 valence electrons. The Morgan fingerprint density at radius 2 is 1.02 bits per heavy atom. The summed E-state index contributed by atoms with van der Waals surface area (Å²) in [6, 6.07) is -0.861. The quantitative estimate of drug-likeness (QED) is 0.0247. The normalized spacial score (nSPS) is 14.7. The third kappa shape index (κ3) is 39.0. The fourth-order valence-corrected chi connectivity index (χ4v) is 6.96. The van der Waals surface area contributed by atoms with Crippen molar-refractivity contribution in [2.75, 3.05) is 40.9 Å². The van der Waals surface area contributed by atoms with Crippen LogP contribution in [-0.4, -0.2) is 73.4 Å². The lowest BCUT2D eigenvalue weighted by Gasteiger charge is -2.25. The molecule has 0 heterocycles. The van der Waals surface area contributed by atoms with Gasteiger partial charge >= 0.3 is 7.82 Å². The van der Waals surface area contributed by atoms with E-state index in [9.17, 15) is 19.4 Å². The molecule has 9 heteroatoms. The summed E-state index contributed by atoms with van der Waals surface area (Å²) in [5, 5.41) is 13.8. The first-order valence-electron chi connectivity index (χ1n) is 22.4. The number of carbonyl (C=O) groups is 1. The average molecular weight is 784 g/mol. The average Bonchev–Trinajstić information content (AvgIpc) is 3.12. The van der Waals surface area contributed by atoms with Crippen molar-refractivity contribution in [2.24, 2.45) is 0 Å². The number of phosphoric acid groups is 1. The number of likely N-dealkylation sites (N-methyl/N-ethyl adjacent to an activating group) is 1. The number of rotatable bonds is 40. The van der Waals surface area contributed by atoms with Crippen LogP contribution in [0.3, 0.4) is 0 Å². The van der Waals surface area contributed by atoms with E-state index in [1.807, 2.05) is 27.2 Å². The van der Waals surface area contributed by atoms with Gasteiger partial charge in [-0.05, 0) is 57.8 Å². The van der Waals surface area contributed by atoms with Crippen molar-refractivity contribution in [3.8, 4) is 0 Å². The fourth-order valence-electron chi connectivity index (χ4n) is 6.23. The third-order valence-corrected chi connectivity index (χ3v) is 10.8. The van der Waals surface area contributed by atoms with Gasteiger partial charge in [-0.3, -0.25) is 13.8 Å². The summed E-state index contributed by atoms with van der Waals surface area (Å²) in [6.45, 7) is 4.77. The molecule has 0 aliphatic heterocycles. The van der Waals surface area contributed by atoms with Gasteiger partial charge in [0.25, 0.3) is 0 Å². The standard InChI is InChI=1S/C45H87N2O6P/c1-6-8-10-12-14-16-18-20-21-22-23-24-25-27-29-31-33-35-37-39-45(49)46-43(42-53-54(50,51)52-41-40-47(3,4)5)44(48)38-36-34-32-30-28-26-19-17-15-13-11-9-7-2/h20-21,28,30,36,38,43-44,48H,6-19,22-27,29,31-35,37,39-42H2,1-5H3,(H-,46,49,50,51)/p+1/b21-20+,30-28+,38-36+/t43-,44+/m0/s1. The minimum atomic E-state index is -4.34. The lowest BCUT2D eigenvalue weighted by Crippen LogP contribution is -2.45. The van der Waals surface area contributed by atoms with E-state index < -0.39 is 20.0 Å². The third-order valence-electron chi connectivity index (χ3n) is 9.83. The van der Waals surface area contributed by atoms with Crippen LogP contribution in [0.15, 0.2) is 36.5 Å². The van der Waals surface area contributed by atoms with Crippen LogP contribution in [-0.2, 0) is 18.4 Å². The summed E-state index contributed by atoms with van der Waals surface area (Å²) in [5.74, 6) is -0.191. The van der Waals surface area contributed by atoms with Gasteiger partial charge in [-0.1, -0.05) is 166 Å². The second-order valence-corrected chi connectivity index (χ2v) is 17.9. The molecule has 0 spiro atoms. The Kier molecular flexibility index (Phi) is 36.4. The first-order valence-corrected chi connectivity index (χ1v) is 23.9. The number of nitrogens with one attached hydrogen (secondary N) is 1. The van der Waals surface area contributed by atoms with Crippen molar-refractivity contribution in [1.29, 1.82) is 0 Å². The van der Waals surface area contributed by atoms with Gasteiger partial charge in [-0.15, -0.1) is 0 Å². The molecule has 0 aliphatic rings. The van der Waals surface area contributed by atoms with Crippen molar-refractivity contribution in [2.45, 2.75) is 206 Å². The van der Waals surface area contributed by atoms with Gasteiger partial charge in [0.15, 0.2) is 0 Å². The zero-order valence-electron chi connectivity index (χ0n) is 36.0. The molecular weight excluding hydrogens is 695 g/mol. The first-order chi connectivity index (χ1) is 26.0. The monoisotopic (exact) mass is 784 g/mol. The van der Waals surface area contributed by atoms with E-state index in [4.69, 9.17) is 9.05 Å². The van der Waals surface area contributed by atoms with Crippen molar-refractivity contribution in [3.05, 3.63) is 36.5 Å². The first kappa shape index (κ1) is 52.7. The van der Waals surface area contributed by atoms with Crippen LogP contribution in [0.25, 0.3) is 0 Å². The molecule has 8 nitrogen and oxygen atoms in total. The predicted octanol–water partition coefficient (Wildman–Crippen LogP) is 12.3. The lowest BCUT2D eigenvalue weighted by molar-refractivity contribution is -0.870. The number of amides is 1.